The van der Waals surface area contributed by atoms with E-state index in [-0.39, 0.29) is 10.8 Å². The first-order valence-electron chi connectivity index (χ1n) is 14.5. The van der Waals surface area contributed by atoms with Gasteiger partial charge in [-0.25, -0.2) is 15.0 Å². The lowest BCUT2D eigenvalue weighted by atomic mass is 9.55. The van der Waals surface area contributed by atoms with Gasteiger partial charge in [0.2, 0.25) is 0 Å². The van der Waals surface area contributed by atoms with Crippen LogP contribution in [0, 0.1) is 0 Å². The van der Waals surface area contributed by atoms with Gasteiger partial charge < -0.3 is 0 Å². The number of aromatic nitrogens is 3. The molecule has 42 heavy (non-hydrogen) atoms. The molecule has 0 bridgehead atoms. The maximum Gasteiger partial charge on any atom is 0.164 e. The van der Waals surface area contributed by atoms with Crippen molar-refractivity contribution >= 4 is 0 Å². The second kappa shape index (κ2) is 9.88. The summed E-state index contributed by atoms with van der Waals surface area (Å²) in [4.78, 5) is 14.7. The van der Waals surface area contributed by atoms with Gasteiger partial charge in [-0.1, -0.05) is 143 Å². The van der Waals surface area contributed by atoms with Crippen molar-refractivity contribution in [3.8, 4) is 56.4 Å². The van der Waals surface area contributed by atoms with E-state index < -0.39 is 0 Å². The molecule has 0 saturated heterocycles. The first kappa shape index (κ1) is 26.0. The quantitative estimate of drug-likeness (QED) is 0.222. The third-order valence-corrected chi connectivity index (χ3v) is 9.30. The maximum absolute atomic E-state index is 4.95. The van der Waals surface area contributed by atoms with Crippen LogP contribution in [0.2, 0.25) is 0 Å². The number of hydrogen-bond donors (Lipinski definition) is 0. The van der Waals surface area contributed by atoms with Crippen LogP contribution in [0.25, 0.3) is 56.4 Å². The second-order valence-corrected chi connectivity index (χ2v) is 12.2. The highest BCUT2D eigenvalue weighted by Crippen LogP contribution is 2.54. The van der Waals surface area contributed by atoms with E-state index in [4.69, 9.17) is 15.0 Å². The Morgan fingerprint density at radius 2 is 0.810 bits per heavy atom. The molecular weight excluding hydrogens is 510 g/mol. The molecule has 1 heterocycles. The molecule has 0 spiro atoms. The average Bonchev–Trinajstić information content (AvgIpc) is 3.04. The van der Waals surface area contributed by atoms with Gasteiger partial charge in [0.1, 0.15) is 0 Å². The van der Waals surface area contributed by atoms with E-state index in [1.165, 1.54) is 27.8 Å². The van der Waals surface area contributed by atoms with E-state index in [0.29, 0.717) is 17.5 Å². The van der Waals surface area contributed by atoms with Crippen LogP contribution in [-0.4, -0.2) is 15.0 Å². The Bertz CT molecular complexity index is 1860. The molecule has 6 aromatic rings. The van der Waals surface area contributed by atoms with Crippen molar-refractivity contribution in [3.05, 3.63) is 139 Å². The number of fused-ring (bicyclic) bond motifs is 3. The Balaban J connectivity index is 1.36. The second-order valence-electron chi connectivity index (χ2n) is 12.2. The molecular formula is C39H33N3. The highest BCUT2D eigenvalue weighted by molar-refractivity contribution is 5.83. The minimum absolute atomic E-state index is 0.0103. The summed E-state index contributed by atoms with van der Waals surface area (Å²) < 4.78 is 0. The molecule has 0 aliphatic heterocycles. The molecule has 0 saturated carbocycles. The number of benzene rings is 5. The molecule has 0 N–H and O–H groups in total. The lowest BCUT2D eigenvalue weighted by Gasteiger charge is -2.48. The smallest absolute Gasteiger partial charge is 0.164 e. The van der Waals surface area contributed by atoms with Gasteiger partial charge in [-0.05, 0) is 56.3 Å². The third-order valence-electron chi connectivity index (χ3n) is 9.30. The molecule has 3 heteroatoms. The molecule has 0 fully saturated rings. The largest absolute Gasteiger partial charge is 0.208 e. The summed E-state index contributed by atoms with van der Waals surface area (Å²) in [5.41, 5.74) is 10.7. The van der Waals surface area contributed by atoms with Crippen molar-refractivity contribution in [3.63, 3.8) is 0 Å². The Morgan fingerprint density at radius 1 is 0.357 bits per heavy atom. The first-order valence-corrected chi connectivity index (χ1v) is 14.5. The van der Waals surface area contributed by atoms with E-state index in [0.717, 1.165) is 22.3 Å². The van der Waals surface area contributed by atoms with Crippen molar-refractivity contribution in [2.45, 2.75) is 38.5 Å². The van der Waals surface area contributed by atoms with Crippen LogP contribution in [0.3, 0.4) is 0 Å². The standard InChI is InChI=1S/C39H33N3/c1-38(2)33-21-12-11-20-31(33)32-25-29(22-23-34(32)39(38,3)4)28-18-13-19-30(24-28)37-41-35(26-14-7-5-8-15-26)40-36(42-37)27-16-9-6-10-17-27/h5-25H,1-4H3. The summed E-state index contributed by atoms with van der Waals surface area (Å²) in [6.45, 7) is 9.48. The predicted octanol–water partition coefficient (Wildman–Crippen LogP) is 9.78. The summed E-state index contributed by atoms with van der Waals surface area (Å²) >= 11 is 0. The van der Waals surface area contributed by atoms with Crippen LogP contribution in [-0.2, 0) is 10.8 Å². The van der Waals surface area contributed by atoms with E-state index in [1.807, 2.05) is 60.7 Å². The molecule has 0 radical (unpaired) electrons. The number of nitrogens with zero attached hydrogens (tertiary/aromatic N) is 3. The fraction of sp³-hybridized carbons (Fsp3) is 0.154. The van der Waals surface area contributed by atoms with Gasteiger partial charge in [-0.15, -0.1) is 0 Å². The summed E-state index contributed by atoms with van der Waals surface area (Å²) in [6.07, 6.45) is 0. The SMILES string of the molecule is CC1(C)c2ccccc2-c2cc(-c3cccc(-c4nc(-c5ccccc5)nc(-c5ccccc5)n4)c3)ccc2C1(C)C. The van der Waals surface area contributed by atoms with Gasteiger partial charge in [-0.2, -0.15) is 0 Å². The molecule has 0 unspecified atom stereocenters. The Labute approximate surface area is 248 Å². The Kier molecular flexibility index (Phi) is 6.13. The van der Waals surface area contributed by atoms with Crippen LogP contribution < -0.4 is 0 Å². The van der Waals surface area contributed by atoms with Crippen LogP contribution in [0.5, 0.6) is 0 Å². The highest BCUT2D eigenvalue weighted by atomic mass is 15.0. The van der Waals surface area contributed by atoms with E-state index in [9.17, 15) is 0 Å². The summed E-state index contributed by atoms with van der Waals surface area (Å²) in [5.74, 6) is 2.00. The van der Waals surface area contributed by atoms with Gasteiger partial charge in [0, 0.05) is 16.7 Å². The zero-order valence-electron chi connectivity index (χ0n) is 24.5. The molecule has 3 nitrogen and oxygen atoms in total. The van der Waals surface area contributed by atoms with Gasteiger partial charge >= 0.3 is 0 Å². The van der Waals surface area contributed by atoms with E-state index in [2.05, 4.69) is 94.4 Å². The molecule has 1 aliphatic carbocycles. The zero-order chi connectivity index (χ0) is 28.9. The lowest BCUT2D eigenvalue weighted by molar-refractivity contribution is 0.299. The van der Waals surface area contributed by atoms with E-state index in [1.54, 1.807) is 0 Å². The Hall–Kier alpha value is -4.89. The minimum atomic E-state index is -0.0103. The van der Waals surface area contributed by atoms with Gasteiger partial charge in [-0.3, -0.25) is 0 Å². The van der Waals surface area contributed by atoms with Gasteiger partial charge in [0.05, 0.1) is 0 Å². The molecule has 5 aromatic carbocycles. The fourth-order valence-electron chi connectivity index (χ4n) is 6.20. The first-order chi connectivity index (χ1) is 20.3. The van der Waals surface area contributed by atoms with E-state index >= 15 is 0 Å². The summed E-state index contributed by atoms with van der Waals surface area (Å²) in [6, 6.07) is 44.6. The monoisotopic (exact) mass is 543 g/mol. The highest BCUT2D eigenvalue weighted by Gasteiger charge is 2.45. The van der Waals surface area contributed by atoms with Gasteiger partial charge in [0.25, 0.3) is 0 Å². The lowest BCUT2D eigenvalue weighted by Crippen LogP contribution is -2.43. The fourth-order valence-corrected chi connectivity index (χ4v) is 6.20. The molecule has 0 amide bonds. The molecule has 204 valence electrons. The minimum Gasteiger partial charge on any atom is -0.208 e. The van der Waals surface area contributed by atoms with Crippen LogP contribution in [0.1, 0.15) is 38.8 Å². The topological polar surface area (TPSA) is 38.7 Å². The average molecular weight is 544 g/mol. The molecule has 0 atom stereocenters. The summed E-state index contributed by atoms with van der Waals surface area (Å²) in [5, 5.41) is 0. The van der Waals surface area contributed by atoms with Crippen molar-refractivity contribution in [1.82, 2.24) is 15.0 Å². The van der Waals surface area contributed by atoms with Crippen LogP contribution >= 0.6 is 0 Å². The molecule has 1 aromatic heterocycles. The molecule has 1 aliphatic rings. The van der Waals surface area contributed by atoms with Crippen LogP contribution in [0.15, 0.2) is 127 Å². The van der Waals surface area contributed by atoms with Crippen molar-refractivity contribution in [1.29, 1.82) is 0 Å². The van der Waals surface area contributed by atoms with Crippen LogP contribution in [0.4, 0.5) is 0 Å². The normalized spacial score (nSPS) is 14.6. The van der Waals surface area contributed by atoms with Crippen molar-refractivity contribution in [2.24, 2.45) is 0 Å². The third kappa shape index (κ3) is 4.24. The van der Waals surface area contributed by atoms with Crippen molar-refractivity contribution < 1.29 is 0 Å². The Morgan fingerprint density at radius 3 is 1.43 bits per heavy atom. The summed E-state index contributed by atoms with van der Waals surface area (Å²) in [7, 11) is 0. The zero-order valence-corrected chi connectivity index (χ0v) is 24.5. The number of rotatable bonds is 4. The molecule has 7 rings (SSSR count). The van der Waals surface area contributed by atoms with Gasteiger partial charge in [0.15, 0.2) is 17.5 Å². The predicted molar refractivity (Wildman–Crippen MR) is 173 cm³/mol. The maximum atomic E-state index is 4.95. The van der Waals surface area contributed by atoms with Crippen molar-refractivity contribution in [2.75, 3.05) is 0 Å². The number of hydrogen-bond acceptors (Lipinski definition) is 3.